The van der Waals surface area contributed by atoms with E-state index in [0.29, 0.717) is 34.6 Å². The van der Waals surface area contributed by atoms with E-state index in [9.17, 15) is 8.78 Å². The van der Waals surface area contributed by atoms with E-state index in [2.05, 4.69) is 5.32 Å². The van der Waals surface area contributed by atoms with Gasteiger partial charge in [-0.2, -0.15) is 0 Å². The Balaban J connectivity index is 1.63. The molecule has 1 aliphatic heterocycles. The van der Waals surface area contributed by atoms with E-state index in [4.69, 9.17) is 26.4 Å². The predicted octanol–water partition coefficient (Wildman–Crippen LogP) is 5.36. The minimum atomic E-state index is -0.325. The van der Waals surface area contributed by atoms with Gasteiger partial charge in [-0.05, 0) is 90.4 Å². The van der Waals surface area contributed by atoms with Crippen LogP contribution in [0.3, 0.4) is 0 Å². The Bertz CT molecular complexity index is 1120. The van der Waals surface area contributed by atoms with E-state index in [0.717, 1.165) is 17.5 Å². The predicted molar refractivity (Wildman–Crippen MR) is 127 cm³/mol. The highest BCUT2D eigenvalue weighted by atomic mass is 32.1. The number of thiocarbonyl (C=S) groups is 1. The second-order valence-corrected chi connectivity index (χ2v) is 7.95. The summed E-state index contributed by atoms with van der Waals surface area (Å²) in [6.45, 7) is 0.923. The molecular formula is C25H24F2N2O3S. The highest BCUT2D eigenvalue weighted by Crippen LogP contribution is 2.38. The second-order valence-electron chi connectivity index (χ2n) is 7.57. The third-order valence-corrected chi connectivity index (χ3v) is 5.92. The second kappa shape index (κ2) is 10.0. The molecule has 0 saturated carbocycles. The molecule has 0 aliphatic carbocycles. The van der Waals surface area contributed by atoms with Crippen LogP contribution in [-0.2, 0) is 6.42 Å². The Morgan fingerprint density at radius 3 is 2.21 bits per heavy atom. The first-order chi connectivity index (χ1) is 16.0. The number of nitrogens with zero attached hydrogens (tertiary/aromatic N) is 1. The Morgan fingerprint density at radius 2 is 1.58 bits per heavy atom. The maximum atomic E-state index is 13.3. The number of benzene rings is 3. The molecule has 33 heavy (non-hydrogen) atoms. The van der Waals surface area contributed by atoms with E-state index in [-0.39, 0.29) is 24.3 Å². The van der Waals surface area contributed by atoms with E-state index in [1.54, 1.807) is 38.5 Å². The van der Waals surface area contributed by atoms with Crippen LogP contribution in [0.5, 0.6) is 17.2 Å². The van der Waals surface area contributed by atoms with Gasteiger partial charge in [-0.15, -0.1) is 0 Å². The van der Waals surface area contributed by atoms with E-state index in [1.807, 2.05) is 17.0 Å². The van der Waals surface area contributed by atoms with Crippen LogP contribution in [0.2, 0.25) is 0 Å². The maximum Gasteiger partial charge on any atom is 0.174 e. The molecule has 0 fully saturated rings. The summed E-state index contributed by atoms with van der Waals surface area (Å²) in [6, 6.07) is 15.6. The van der Waals surface area contributed by atoms with E-state index < -0.39 is 0 Å². The average Bonchev–Trinajstić information content (AvgIpc) is 2.83. The maximum absolute atomic E-state index is 13.3. The molecule has 0 aromatic heterocycles. The van der Waals surface area contributed by atoms with Crippen LogP contribution in [0.1, 0.15) is 17.2 Å². The summed E-state index contributed by atoms with van der Waals surface area (Å²) in [4.78, 5) is 2.04. The first-order valence-corrected chi connectivity index (χ1v) is 10.9. The van der Waals surface area contributed by atoms with Gasteiger partial charge in [0.2, 0.25) is 0 Å². The molecular weight excluding hydrogens is 446 g/mol. The first-order valence-electron chi connectivity index (χ1n) is 10.4. The normalized spacial score (nSPS) is 14.9. The van der Waals surface area contributed by atoms with Crippen molar-refractivity contribution in [2.24, 2.45) is 0 Å². The Hall–Kier alpha value is -3.39. The summed E-state index contributed by atoms with van der Waals surface area (Å²) in [5.74, 6) is 1.19. The molecule has 0 amide bonds. The van der Waals surface area contributed by atoms with Crippen molar-refractivity contribution in [3.8, 4) is 17.2 Å². The number of rotatable bonds is 6. The minimum absolute atomic E-state index is 0.237. The van der Waals surface area contributed by atoms with Crippen LogP contribution in [-0.4, -0.2) is 37.4 Å². The molecule has 0 radical (unpaired) electrons. The van der Waals surface area contributed by atoms with Crippen LogP contribution in [0, 0.1) is 11.6 Å². The minimum Gasteiger partial charge on any atom is -0.493 e. The lowest BCUT2D eigenvalue weighted by molar-refractivity contribution is 0.190. The van der Waals surface area contributed by atoms with Gasteiger partial charge in [-0.1, -0.05) is 0 Å². The topological polar surface area (TPSA) is 43.0 Å². The molecule has 8 heteroatoms. The van der Waals surface area contributed by atoms with Crippen LogP contribution in [0.25, 0.3) is 0 Å². The van der Waals surface area contributed by atoms with Gasteiger partial charge >= 0.3 is 0 Å². The molecule has 1 atom stereocenters. The van der Waals surface area contributed by atoms with Crippen molar-refractivity contribution in [2.75, 3.05) is 32.7 Å². The van der Waals surface area contributed by atoms with E-state index >= 15 is 0 Å². The molecule has 0 bridgehead atoms. The van der Waals surface area contributed by atoms with Gasteiger partial charge in [0.1, 0.15) is 24.0 Å². The number of halogens is 2. The molecule has 0 unspecified atom stereocenters. The quantitative estimate of drug-likeness (QED) is 0.490. The zero-order chi connectivity index (χ0) is 23.4. The lowest BCUT2D eigenvalue weighted by Crippen LogP contribution is -2.44. The van der Waals surface area contributed by atoms with Crippen LogP contribution < -0.4 is 19.5 Å². The van der Waals surface area contributed by atoms with Crippen molar-refractivity contribution >= 4 is 23.0 Å². The fraction of sp³-hybridized carbons (Fsp3) is 0.240. The number of anilines is 1. The van der Waals surface area contributed by atoms with Crippen LogP contribution >= 0.6 is 12.2 Å². The Kier molecular flexibility index (Phi) is 6.93. The number of ether oxygens (including phenoxy) is 3. The van der Waals surface area contributed by atoms with Crippen molar-refractivity contribution in [1.29, 1.82) is 0 Å². The summed E-state index contributed by atoms with van der Waals surface area (Å²) < 4.78 is 43.6. The van der Waals surface area contributed by atoms with Crippen molar-refractivity contribution in [3.05, 3.63) is 83.4 Å². The lowest BCUT2D eigenvalue weighted by Gasteiger charge is -2.39. The van der Waals surface area contributed by atoms with Gasteiger partial charge in [0.25, 0.3) is 0 Å². The third kappa shape index (κ3) is 5.17. The smallest absolute Gasteiger partial charge is 0.174 e. The highest BCUT2D eigenvalue weighted by Gasteiger charge is 2.31. The molecule has 172 valence electrons. The average molecular weight is 471 g/mol. The Morgan fingerprint density at radius 1 is 0.970 bits per heavy atom. The summed E-state index contributed by atoms with van der Waals surface area (Å²) in [5.41, 5.74) is 2.81. The van der Waals surface area contributed by atoms with Crippen molar-refractivity contribution in [2.45, 2.75) is 12.5 Å². The molecule has 1 heterocycles. The molecule has 5 nitrogen and oxygen atoms in total. The summed E-state index contributed by atoms with van der Waals surface area (Å²) in [5, 5.41) is 3.68. The zero-order valence-corrected chi connectivity index (χ0v) is 19.1. The molecule has 0 saturated heterocycles. The summed E-state index contributed by atoms with van der Waals surface area (Å²) >= 11 is 5.71. The van der Waals surface area contributed by atoms with Crippen LogP contribution in [0.15, 0.2) is 60.7 Å². The summed E-state index contributed by atoms with van der Waals surface area (Å²) in [7, 11) is 3.20. The summed E-state index contributed by atoms with van der Waals surface area (Å²) in [6.07, 6.45) is 0.744. The van der Waals surface area contributed by atoms with E-state index in [1.165, 1.54) is 24.3 Å². The molecule has 1 aliphatic rings. The number of methoxy groups -OCH3 is 2. The third-order valence-electron chi connectivity index (χ3n) is 5.58. The van der Waals surface area contributed by atoms with Crippen molar-refractivity contribution in [1.82, 2.24) is 4.90 Å². The van der Waals surface area contributed by atoms with Gasteiger partial charge in [-0.3, -0.25) is 0 Å². The molecule has 4 rings (SSSR count). The molecule has 1 N–H and O–H groups in total. The van der Waals surface area contributed by atoms with Crippen LogP contribution in [0.4, 0.5) is 14.5 Å². The number of nitrogens with one attached hydrogen (secondary N) is 1. The highest BCUT2D eigenvalue weighted by molar-refractivity contribution is 7.80. The van der Waals surface area contributed by atoms with Gasteiger partial charge in [0.05, 0.1) is 20.3 Å². The number of hydrogen-bond donors (Lipinski definition) is 1. The molecule has 0 spiro atoms. The van der Waals surface area contributed by atoms with Crippen molar-refractivity contribution in [3.63, 3.8) is 0 Å². The van der Waals surface area contributed by atoms with Gasteiger partial charge in [-0.25, -0.2) is 8.78 Å². The molecule has 3 aromatic rings. The van der Waals surface area contributed by atoms with Crippen molar-refractivity contribution < 1.29 is 23.0 Å². The lowest BCUT2D eigenvalue weighted by atomic mass is 9.92. The fourth-order valence-electron chi connectivity index (χ4n) is 3.89. The zero-order valence-electron chi connectivity index (χ0n) is 18.3. The van der Waals surface area contributed by atoms with Gasteiger partial charge in [0, 0.05) is 12.2 Å². The molecule has 3 aromatic carbocycles. The van der Waals surface area contributed by atoms with Gasteiger partial charge in [0.15, 0.2) is 16.6 Å². The Labute approximate surface area is 196 Å². The number of fused-ring (bicyclic) bond motifs is 1. The SMILES string of the molecule is COc1cc2c(cc1OC)[C@H](COc1ccc(F)cc1)N(C(=S)Nc1ccc(F)cc1)CC2. The number of hydrogen-bond acceptors (Lipinski definition) is 4. The van der Waals surface area contributed by atoms with Gasteiger partial charge < -0.3 is 24.4 Å². The standard InChI is InChI=1S/C25H24F2N2O3S/c1-30-23-13-16-11-12-29(25(33)28-19-7-3-17(26)4-8-19)22(21(16)14-24(23)31-2)15-32-20-9-5-18(27)6-10-20/h3-10,13-14,22H,11-12,15H2,1-2H3,(H,28,33)/t22-/m0/s1. The first kappa shape index (κ1) is 22.8. The largest absolute Gasteiger partial charge is 0.493 e. The monoisotopic (exact) mass is 470 g/mol. The fourth-order valence-corrected chi connectivity index (χ4v) is 4.22.